The summed E-state index contributed by atoms with van der Waals surface area (Å²) in [6.45, 7) is 0.135. The maximum atomic E-state index is 12.2. The summed E-state index contributed by atoms with van der Waals surface area (Å²) in [5.74, 6) is -1.21. The van der Waals surface area contributed by atoms with Crippen LogP contribution in [0.25, 0.3) is 11.1 Å². The van der Waals surface area contributed by atoms with Gasteiger partial charge in [0.2, 0.25) is 0 Å². The Balaban J connectivity index is 1.44. The van der Waals surface area contributed by atoms with E-state index in [9.17, 15) is 14.7 Å². The van der Waals surface area contributed by atoms with Gasteiger partial charge in [0, 0.05) is 24.2 Å². The van der Waals surface area contributed by atoms with Gasteiger partial charge in [0.15, 0.2) is 0 Å². The first kappa shape index (κ1) is 17.8. The van der Waals surface area contributed by atoms with Crippen molar-refractivity contribution in [1.82, 2.24) is 15.3 Å². The van der Waals surface area contributed by atoms with Gasteiger partial charge in [-0.15, -0.1) is 0 Å². The smallest absolute Gasteiger partial charge is 0.407 e. The largest absolute Gasteiger partial charge is 0.480 e. The molecule has 0 radical (unpaired) electrons. The molecule has 0 spiro atoms. The lowest BCUT2D eigenvalue weighted by Gasteiger charge is -2.17. The fourth-order valence-electron chi connectivity index (χ4n) is 3.60. The summed E-state index contributed by atoms with van der Waals surface area (Å²) in [5, 5.41) is 11.8. The second-order valence-corrected chi connectivity index (χ2v) is 6.64. The van der Waals surface area contributed by atoms with Crippen LogP contribution < -0.4 is 5.32 Å². The van der Waals surface area contributed by atoms with Crippen molar-refractivity contribution in [1.29, 1.82) is 0 Å². The average Bonchev–Trinajstić information content (AvgIpc) is 3.32. The molecule has 0 unspecified atom stereocenters. The highest BCUT2D eigenvalue weighted by Gasteiger charge is 2.29. The summed E-state index contributed by atoms with van der Waals surface area (Å²) < 4.78 is 5.40. The standard InChI is InChI=1S/C21H19N3O4/c25-20(26)19(9-13-10-22-12-23-13)24-21(27)28-11-18-16-7-3-1-5-14(16)15-6-2-4-8-17(15)18/h1-8,10,12,18-19H,9,11H2,(H,22,23)(H,24,27)(H,25,26)/t19-/m0/s1/i22+1. The minimum atomic E-state index is -1.14. The molecule has 3 N–H and O–H groups in total. The number of aromatic nitrogens is 2. The zero-order valence-electron chi connectivity index (χ0n) is 15.0. The number of carboxylic acid groups (broad SMARTS) is 1. The van der Waals surface area contributed by atoms with Crippen molar-refractivity contribution in [3.63, 3.8) is 0 Å². The first-order valence-corrected chi connectivity index (χ1v) is 8.95. The van der Waals surface area contributed by atoms with Crippen molar-refractivity contribution < 1.29 is 19.4 Å². The zero-order chi connectivity index (χ0) is 19.5. The number of hydrogen-bond donors (Lipinski definition) is 3. The molecule has 0 bridgehead atoms. The number of fused-ring (bicyclic) bond motifs is 3. The van der Waals surface area contributed by atoms with Gasteiger partial charge in [-0.1, -0.05) is 48.5 Å². The number of nitrogens with zero attached hydrogens (tertiary/aromatic N) is 1. The van der Waals surface area contributed by atoms with Crippen molar-refractivity contribution in [3.8, 4) is 11.1 Å². The van der Waals surface area contributed by atoms with Gasteiger partial charge in [-0.25, -0.2) is 14.6 Å². The lowest BCUT2D eigenvalue weighted by molar-refractivity contribution is -0.139. The SMILES string of the molecule is O=C(N[C@@H](Cc1c[15n]c[nH]1)C(=O)O)OCC1c2ccccc2-c2ccccc21. The third kappa shape index (κ3) is 3.46. The fraction of sp³-hybridized carbons (Fsp3) is 0.190. The van der Waals surface area contributed by atoms with Crippen molar-refractivity contribution >= 4 is 12.1 Å². The summed E-state index contributed by atoms with van der Waals surface area (Å²) in [6, 6.07) is 15.0. The third-order valence-electron chi connectivity index (χ3n) is 4.91. The van der Waals surface area contributed by atoms with E-state index in [1.165, 1.54) is 12.5 Å². The van der Waals surface area contributed by atoms with Gasteiger partial charge in [0.25, 0.3) is 0 Å². The van der Waals surface area contributed by atoms with Gasteiger partial charge in [-0.3, -0.25) is 0 Å². The van der Waals surface area contributed by atoms with E-state index >= 15 is 0 Å². The Hall–Kier alpha value is -3.61. The molecule has 28 heavy (non-hydrogen) atoms. The van der Waals surface area contributed by atoms with Crippen LogP contribution in [0.5, 0.6) is 0 Å². The molecule has 0 aliphatic heterocycles. The minimum absolute atomic E-state index is 0.0750. The highest BCUT2D eigenvalue weighted by atomic mass is 16.5. The van der Waals surface area contributed by atoms with Crippen molar-refractivity contribution in [2.24, 2.45) is 0 Å². The number of imidazole rings is 1. The number of carboxylic acids is 1. The average molecular weight is 378 g/mol. The van der Waals surface area contributed by atoms with E-state index < -0.39 is 18.1 Å². The number of H-pyrrole nitrogens is 1. The number of aromatic amines is 1. The van der Waals surface area contributed by atoms with Gasteiger partial charge in [0.1, 0.15) is 12.6 Å². The van der Waals surface area contributed by atoms with Gasteiger partial charge in [-0.05, 0) is 22.3 Å². The molecule has 0 saturated carbocycles. The molecule has 0 fully saturated rings. The zero-order valence-corrected chi connectivity index (χ0v) is 15.0. The molecular weight excluding hydrogens is 359 g/mol. The Kier molecular flexibility index (Phi) is 4.80. The topological polar surface area (TPSA) is 104 Å². The van der Waals surface area contributed by atoms with Gasteiger partial charge < -0.3 is 20.1 Å². The second kappa shape index (κ2) is 7.56. The van der Waals surface area contributed by atoms with E-state index in [2.05, 4.69) is 27.4 Å². The van der Waals surface area contributed by atoms with Gasteiger partial charge in [-0.2, -0.15) is 0 Å². The van der Waals surface area contributed by atoms with Crippen LogP contribution in [0.1, 0.15) is 22.7 Å². The van der Waals surface area contributed by atoms with Crippen LogP contribution in [0.15, 0.2) is 61.1 Å². The van der Waals surface area contributed by atoms with E-state index in [0.29, 0.717) is 5.69 Å². The summed E-state index contributed by atoms with van der Waals surface area (Å²) in [6.07, 6.45) is 2.32. The maximum absolute atomic E-state index is 12.2. The summed E-state index contributed by atoms with van der Waals surface area (Å²) in [4.78, 5) is 30.4. The molecule has 1 amide bonds. The Morgan fingerprint density at radius 3 is 2.32 bits per heavy atom. The van der Waals surface area contributed by atoms with Crippen LogP contribution in [-0.4, -0.2) is 39.8 Å². The van der Waals surface area contributed by atoms with Crippen LogP contribution >= 0.6 is 0 Å². The molecule has 1 heterocycles. The molecule has 1 atom stereocenters. The Morgan fingerprint density at radius 1 is 1.11 bits per heavy atom. The highest BCUT2D eigenvalue weighted by molar-refractivity contribution is 5.81. The van der Waals surface area contributed by atoms with E-state index in [1.54, 1.807) is 0 Å². The number of alkyl carbamates (subject to hydrolysis) is 1. The Labute approximate surface area is 161 Å². The number of ether oxygens (including phenoxy) is 1. The van der Waals surface area contributed by atoms with Crippen molar-refractivity contribution in [2.75, 3.05) is 6.61 Å². The number of nitrogens with one attached hydrogen (secondary N) is 2. The first-order chi connectivity index (χ1) is 13.6. The Bertz CT molecular complexity index is 955. The monoisotopic (exact) mass is 378 g/mol. The minimum Gasteiger partial charge on any atom is -0.480 e. The molecule has 3 aromatic rings. The second-order valence-electron chi connectivity index (χ2n) is 6.64. The first-order valence-electron chi connectivity index (χ1n) is 8.95. The quantitative estimate of drug-likeness (QED) is 0.612. The van der Waals surface area contributed by atoms with Crippen LogP contribution in [0.2, 0.25) is 0 Å². The number of amides is 1. The summed E-state index contributed by atoms with van der Waals surface area (Å²) >= 11 is 0. The van der Waals surface area contributed by atoms with E-state index in [0.717, 1.165) is 22.3 Å². The molecule has 142 valence electrons. The number of hydrogen-bond acceptors (Lipinski definition) is 4. The van der Waals surface area contributed by atoms with Crippen molar-refractivity contribution in [3.05, 3.63) is 77.9 Å². The predicted octanol–water partition coefficient (Wildman–Crippen LogP) is 2.94. The van der Waals surface area contributed by atoms with Crippen LogP contribution in [0.3, 0.4) is 0 Å². The molecule has 4 rings (SSSR count). The third-order valence-corrected chi connectivity index (χ3v) is 4.91. The molecule has 2 aromatic carbocycles. The predicted molar refractivity (Wildman–Crippen MR) is 102 cm³/mol. The van der Waals surface area contributed by atoms with Gasteiger partial charge >= 0.3 is 12.1 Å². The summed E-state index contributed by atoms with van der Waals surface area (Å²) in [7, 11) is 0. The number of carbonyl (C=O) groups is 2. The van der Waals surface area contributed by atoms with Crippen LogP contribution in [0, 0.1) is 0 Å². The van der Waals surface area contributed by atoms with E-state index in [1.807, 2.05) is 36.4 Å². The fourth-order valence-corrected chi connectivity index (χ4v) is 3.60. The normalized spacial score (nSPS) is 13.4. The van der Waals surface area contributed by atoms with E-state index in [4.69, 9.17) is 4.74 Å². The molecule has 7 nitrogen and oxygen atoms in total. The summed E-state index contributed by atoms with van der Waals surface area (Å²) in [5.41, 5.74) is 5.09. The lowest BCUT2D eigenvalue weighted by atomic mass is 9.98. The number of carbonyl (C=O) groups excluding carboxylic acids is 1. The molecule has 1 aromatic heterocycles. The highest BCUT2D eigenvalue weighted by Crippen LogP contribution is 2.44. The van der Waals surface area contributed by atoms with Gasteiger partial charge in [0.05, 0.1) is 6.33 Å². The molecule has 1 aliphatic carbocycles. The molecule has 0 saturated heterocycles. The van der Waals surface area contributed by atoms with Crippen LogP contribution in [0.4, 0.5) is 4.79 Å². The lowest BCUT2D eigenvalue weighted by Crippen LogP contribution is -2.43. The van der Waals surface area contributed by atoms with Crippen LogP contribution in [-0.2, 0) is 16.0 Å². The molecule has 7 heteroatoms. The number of aliphatic carboxylic acids is 1. The number of rotatable bonds is 6. The molecular formula is C21H19N3O4. The molecule has 1 aliphatic rings. The Morgan fingerprint density at radius 2 is 1.75 bits per heavy atom. The van der Waals surface area contributed by atoms with E-state index in [-0.39, 0.29) is 18.9 Å². The van der Waals surface area contributed by atoms with Crippen molar-refractivity contribution in [2.45, 2.75) is 18.4 Å². The number of benzene rings is 2. The maximum Gasteiger partial charge on any atom is 0.407 e.